The number of carboxylic acids is 1. The monoisotopic (exact) mass is 432 g/mol. The number of aliphatic hydroxyl groups excluding tert-OH is 1. The first-order valence-corrected chi connectivity index (χ1v) is 10.3. The number of carbonyl (C=O) groups is 4. The molecule has 1 heterocycles. The Bertz CT molecular complexity index is 615. The number of thiol groups is 1. The van der Waals surface area contributed by atoms with E-state index in [0.717, 1.165) is 4.90 Å². The molecule has 3 amide bonds. The van der Waals surface area contributed by atoms with Crippen molar-refractivity contribution in [2.45, 2.75) is 70.3 Å². The van der Waals surface area contributed by atoms with E-state index in [1.807, 2.05) is 13.8 Å². The summed E-state index contributed by atoms with van der Waals surface area (Å²) in [6.07, 6.45) is -0.123. The second kappa shape index (κ2) is 11.4. The van der Waals surface area contributed by atoms with Crippen LogP contribution in [0.4, 0.5) is 0 Å². The number of aliphatic carboxylic acids is 1. The molecule has 1 fully saturated rings. The van der Waals surface area contributed by atoms with E-state index in [1.165, 1.54) is 6.92 Å². The lowest BCUT2D eigenvalue weighted by molar-refractivity contribution is -0.150. The molecule has 6 N–H and O–H groups in total. The second-order valence-electron chi connectivity index (χ2n) is 7.73. The predicted octanol–water partition coefficient (Wildman–Crippen LogP) is -1.28. The summed E-state index contributed by atoms with van der Waals surface area (Å²) in [5, 5.41) is 24.4. The molecule has 1 aliphatic heterocycles. The first-order chi connectivity index (χ1) is 13.5. The molecule has 5 atom stereocenters. The van der Waals surface area contributed by atoms with Crippen molar-refractivity contribution < 1.29 is 29.4 Å². The molecule has 0 aromatic rings. The summed E-state index contributed by atoms with van der Waals surface area (Å²) in [6, 6.07) is -4.17. The quantitative estimate of drug-likeness (QED) is 0.234. The zero-order valence-corrected chi connectivity index (χ0v) is 17.9. The third kappa shape index (κ3) is 7.16. The summed E-state index contributed by atoms with van der Waals surface area (Å²) in [4.78, 5) is 50.2. The van der Waals surface area contributed by atoms with Crippen molar-refractivity contribution in [1.82, 2.24) is 15.5 Å². The molecule has 0 spiro atoms. The van der Waals surface area contributed by atoms with Gasteiger partial charge in [-0.25, -0.2) is 4.79 Å². The maximum Gasteiger partial charge on any atom is 0.326 e. The van der Waals surface area contributed by atoms with Crippen molar-refractivity contribution in [3.8, 4) is 0 Å². The molecule has 10 nitrogen and oxygen atoms in total. The van der Waals surface area contributed by atoms with E-state index in [-0.39, 0.29) is 18.2 Å². The third-order valence-electron chi connectivity index (χ3n) is 4.74. The van der Waals surface area contributed by atoms with Gasteiger partial charge in [-0.2, -0.15) is 12.6 Å². The number of nitrogens with two attached hydrogens (primary N) is 1. The van der Waals surface area contributed by atoms with Crippen molar-refractivity contribution in [3.05, 3.63) is 0 Å². The van der Waals surface area contributed by atoms with Gasteiger partial charge in [0.2, 0.25) is 17.7 Å². The summed E-state index contributed by atoms with van der Waals surface area (Å²) in [5.41, 5.74) is 5.64. The summed E-state index contributed by atoms with van der Waals surface area (Å²) in [7, 11) is 0. The van der Waals surface area contributed by atoms with Gasteiger partial charge in [0.25, 0.3) is 0 Å². The molecular weight excluding hydrogens is 400 g/mol. The Labute approximate surface area is 176 Å². The number of amides is 3. The highest BCUT2D eigenvalue weighted by Gasteiger charge is 2.40. The summed E-state index contributed by atoms with van der Waals surface area (Å²) >= 11 is 3.97. The minimum Gasteiger partial charge on any atom is -0.480 e. The molecule has 0 saturated carbocycles. The zero-order chi connectivity index (χ0) is 22.3. The van der Waals surface area contributed by atoms with Gasteiger partial charge < -0.3 is 31.5 Å². The largest absolute Gasteiger partial charge is 0.480 e. The van der Waals surface area contributed by atoms with Gasteiger partial charge in [0, 0.05) is 12.3 Å². The Morgan fingerprint density at radius 2 is 1.79 bits per heavy atom. The van der Waals surface area contributed by atoms with Crippen LogP contribution >= 0.6 is 12.6 Å². The van der Waals surface area contributed by atoms with Crippen LogP contribution < -0.4 is 16.4 Å². The van der Waals surface area contributed by atoms with E-state index < -0.39 is 54.0 Å². The van der Waals surface area contributed by atoms with E-state index in [9.17, 15) is 29.4 Å². The molecule has 1 saturated heterocycles. The molecule has 0 aromatic heterocycles. The molecule has 11 heteroatoms. The Hall–Kier alpha value is -1.85. The van der Waals surface area contributed by atoms with Crippen molar-refractivity contribution in [2.24, 2.45) is 11.7 Å². The number of hydrogen-bond acceptors (Lipinski definition) is 7. The van der Waals surface area contributed by atoms with Gasteiger partial charge in [0.1, 0.15) is 18.1 Å². The van der Waals surface area contributed by atoms with E-state index in [2.05, 4.69) is 23.3 Å². The van der Waals surface area contributed by atoms with E-state index in [4.69, 9.17) is 5.73 Å². The number of likely N-dealkylation sites (tertiary alicyclic amines) is 1. The minimum atomic E-state index is -1.33. The van der Waals surface area contributed by atoms with Crippen LogP contribution in [0.5, 0.6) is 0 Å². The van der Waals surface area contributed by atoms with Crippen LogP contribution in [0, 0.1) is 5.92 Å². The minimum absolute atomic E-state index is 0.0500. The topological polar surface area (TPSA) is 162 Å². The zero-order valence-electron chi connectivity index (χ0n) is 17.0. The van der Waals surface area contributed by atoms with Gasteiger partial charge >= 0.3 is 5.97 Å². The van der Waals surface area contributed by atoms with Gasteiger partial charge in [0.15, 0.2) is 0 Å². The number of hydrogen-bond donors (Lipinski definition) is 6. The fourth-order valence-corrected chi connectivity index (χ4v) is 3.34. The molecular formula is C18H32N4O6S. The number of carboxylic acid groups (broad SMARTS) is 1. The van der Waals surface area contributed by atoms with Gasteiger partial charge in [-0.1, -0.05) is 13.8 Å². The Morgan fingerprint density at radius 1 is 1.17 bits per heavy atom. The summed E-state index contributed by atoms with van der Waals surface area (Å²) < 4.78 is 0. The molecule has 0 bridgehead atoms. The number of nitrogens with one attached hydrogen (secondary N) is 2. The van der Waals surface area contributed by atoms with Gasteiger partial charge in [-0.15, -0.1) is 0 Å². The molecule has 0 aromatic carbocycles. The van der Waals surface area contributed by atoms with Crippen LogP contribution in [-0.4, -0.2) is 81.4 Å². The third-order valence-corrected chi connectivity index (χ3v) is 5.13. The number of rotatable bonds is 10. The lowest BCUT2D eigenvalue weighted by Crippen LogP contribution is -2.60. The standard InChI is InChI=1S/C18H32N4O6S/c1-9(2)7-12(20-15(24)11(19)8-29)16(25)21-14(10(3)23)17(26)22-6-4-5-13(22)18(27)28/h9-14,23,29H,4-8,19H2,1-3H3,(H,20,24)(H,21,25)(H,27,28). The number of aliphatic hydroxyl groups is 1. The normalized spacial score (nSPS) is 20.7. The predicted molar refractivity (Wildman–Crippen MR) is 109 cm³/mol. The maximum atomic E-state index is 12.8. The second-order valence-corrected chi connectivity index (χ2v) is 8.10. The fraction of sp³-hybridized carbons (Fsp3) is 0.778. The fourth-order valence-electron chi connectivity index (χ4n) is 3.17. The summed E-state index contributed by atoms with van der Waals surface area (Å²) in [5.74, 6) is -2.84. The Balaban J connectivity index is 2.95. The van der Waals surface area contributed by atoms with Crippen LogP contribution in [0.2, 0.25) is 0 Å². The van der Waals surface area contributed by atoms with E-state index >= 15 is 0 Å². The van der Waals surface area contributed by atoms with Crippen LogP contribution in [0.25, 0.3) is 0 Å². The van der Waals surface area contributed by atoms with Crippen LogP contribution in [0.3, 0.4) is 0 Å². The number of nitrogens with zero attached hydrogens (tertiary/aromatic N) is 1. The molecule has 166 valence electrons. The van der Waals surface area contributed by atoms with Crippen molar-refractivity contribution in [2.75, 3.05) is 12.3 Å². The van der Waals surface area contributed by atoms with E-state index in [1.54, 1.807) is 0 Å². The van der Waals surface area contributed by atoms with Crippen LogP contribution in [-0.2, 0) is 19.2 Å². The van der Waals surface area contributed by atoms with Gasteiger partial charge in [-0.3, -0.25) is 14.4 Å². The Kier molecular flexibility index (Phi) is 9.87. The smallest absolute Gasteiger partial charge is 0.326 e. The van der Waals surface area contributed by atoms with Crippen LogP contribution in [0.15, 0.2) is 0 Å². The van der Waals surface area contributed by atoms with Crippen molar-refractivity contribution in [3.63, 3.8) is 0 Å². The summed E-state index contributed by atoms with van der Waals surface area (Å²) in [6.45, 7) is 5.30. The van der Waals surface area contributed by atoms with Gasteiger partial charge in [-0.05, 0) is 32.1 Å². The first kappa shape index (κ1) is 25.2. The molecule has 0 radical (unpaired) electrons. The maximum absolute atomic E-state index is 12.8. The lowest BCUT2D eigenvalue weighted by Gasteiger charge is -2.30. The SMILES string of the molecule is CC(C)CC(NC(=O)C(N)CS)C(=O)NC(C(=O)N1CCCC1C(=O)O)C(C)O. The highest BCUT2D eigenvalue weighted by atomic mass is 32.1. The van der Waals surface area contributed by atoms with Gasteiger partial charge in [0.05, 0.1) is 12.1 Å². The number of carbonyl (C=O) groups excluding carboxylic acids is 3. The highest BCUT2D eigenvalue weighted by Crippen LogP contribution is 2.19. The molecule has 5 unspecified atom stereocenters. The van der Waals surface area contributed by atoms with Crippen LogP contribution in [0.1, 0.15) is 40.0 Å². The van der Waals surface area contributed by atoms with Crippen molar-refractivity contribution in [1.29, 1.82) is 0 Å². The Morgan fingerprint density at radius 3 is 2.28 bits per heavy atom. The molecule has 1 rings (SSSR count). The van der Waals surface area contributed by atoms with E-state index in [0.29, 0.717) is 19.3 Å². The molecule has 1 aliphatic rings. The van der Waals surface area contributed by atoms with Crippen molar-refractivity contribution >= 4 is 36.3 Å². The lowest BCUT2D eigenvalue weighted by atomic mass is 10.0. The highest BCUT2D eigenvalue weighted by molar-refractivity contribution is 7.80. The average Bonchev–Trinajstić information content (AvgIpc) is 3.13. The molecule has 0 aliphatic carbocycles. The first-order valence-electron chi connectivity index (χ1n) is 9.68. The molecule has 29 heavy (non-hydrogen) atoms. The average molecular weight is 433 g/mol.